The summed E-state index contributed by atoms with van der Waals surface area (Å²) >= 11 is 0. The number of likely N-dealkylation sites (tertiary alicyclic amines) is 2. The monoisotopic (exact) mass is 398 g/mol. The Bertz CT molecular complexity index is 888. The van der Waals surface area contributed by atoms with Gasteiger partial charge in [0.2, 0.25) is 5.91 Å². The van der Waals surface area contributed by atoms with Crippen molar-refractivity contribution in [2.24, 2.45) is 0 Å². The first kappa shape index (κ1) is 19.7. The molecule has 0 spiro atoms. The second-order valence-corrected chi connectivity index (χ2v) is 7.65. The van der Waals surface area contributed by atoms with Gasteiger partial charge in [0.25, 0.3) is 0 Å². The van der Waals surface area contributed by atoms with Crippen molar-refractivity contribution in [1.82, 2.24) is 9.80 Å². The molecule has 0 aromatic heterocycles. The fourth-order valence-electron chi connectivity index (χ4n) is 4.47. The highest BCUT2D eigenvalue weighted by Gasteiger charge is 2.37. The van der Waals surface area contributed by atoms with Crippen LogP contribution in [0.3, 0.4) is 0 Å². The first-order valence-corrected chi connectivity index (χ1v) is 10.1. The minimum absolute atomic E-state index is 0.00320. The van der Waals surface area contributed by atoms with Crippen LogP contribution in [0.2, 0.25) is 0 Å². The van der Waals surface area contributed by atoms with Gasteiger partial charge in [-0.15, -0.1) is 0 Å². The SMILES string of the molecule is COc1ccc([C@@H]2CCCN2C(=O)CN2CC[C@@H]2c2ccccc2F)c(OC)c1. The fraction of sp³-hybridized carbons (Fsp3) is 0.435. The maximum absolute atomic E-state index is 14.2. The third kappa shape index (κ3) is 3.81. The lowest BCUT2D eigenvalue weighted by Gasteiger charge is -2.42. The van der Waals surface area contributed by atoms with Crippen molar-refractivity contribution in [2.45, 2.75) is 31.3 Å². The van der Waals surface area contributed by atoms with Crippen molar-refractivity contribution in [3.8, 4) is 11.5 Å². The van der Waals surface area contributed by atoms with Gasteiger partial charge in [-0.2, -0.15) is 0 Å². The molecule has 2 aromatic rings. The fourth-order valence-corrected chi connectivity index (χ4v) is 4.47. The van der Waals surface area contributed by atoms with E-state index in [1.54, 1.807) is 20.3 Å². The molecule has 6 heteroatoms. The molecule has 0 unspecified atom stereocenters. The molecule has 0 saturated carbocycles. The van der Waals surface area contributed by atoms with Gasteiger partial charge in [0.1, 0.15) is 17.3 Å². The number of carbonyl (C=O) groups excluding carboxylic acids is 1. The number of ether oxygens (including phenoxy) is 2. The Hall–Kier alpha value is -2.60. The average Bonchev–Trinajstić information content (AvgIpc) is 3.22. The Morgan fingerprint density at radius 3 is 2.55 bits per heavy atom. The van der Waals surface area contributed by atoms with E-state index < -0.39 is 0 Å². The number of hydrogen-bond donors (Lipinski definition) is 0. The zero-order valence-electron chi connectivity index (χ0n) is 16.9. The summed E-state index contributed by atoms with van der Waals surface area (Å²) in [5.74, 6) is 1.36. The van der Waals surface area contributed by atoms with E-state index in [0.717, 1.165) is 49.4 Å². The lowest BCUT2D eigenvalue weighted by molar-refractivity contribution is -0.135. The van der Waals surface area contributed by atoms with E-state index >= 15 is 0 Å². The molecule has 2 fully saturated rings. The van der Waals surface area contributed by atoms with Gasteiger partial charge < -0.3 is 14.4 Å². The van der Waals surface area contributed by atoms with Crippen LogP contribution in [0.4, 0.5) is 4.39 Å². The quantitative estimate of drug-likeness (QED) is 0.739. The molecule has 2 atom stereocenters. The van der Waals surface area contributed by atoms with Gasteiger partial charge in [0.05, 0.1) is 26.8 Å². The lowest BCUT2D eigenvalue weighted by atomic mass is 9.94. The molecule has 0 bridgehead atoms. The minimum atomic E-state index is -0.198. The van der Waals surface area contributed by atoms with Gasteiger partial charge in [-0.3, -0.25) is 9.69 Å². The second-order valence-electron chi connectivity index (χ2n) is 7.65. The molecule has 2 aliphatic rings. The number of halogens is 1. The molecule has 0 N–H and O–H groups in total. The van der Waals surface area contributed by atoms with E-state index in [-0.39, 0.29) is 23.8 Å². The highest BCUT2D eigenvalue weighted by atomic mass is 19.1. The zero-order valence-corrected chi connectivity index (χ0v) is 16.9. The summed E-state index contributed by atoms with van der Waals surface area (Å²) < 4.78 is 25.0. The lowest BCUT2D eigenvalue weighted by Crippen LogP contribution is -2.48. The van der Waals surface area contributed by atoms with E-state index in [9.17, 15) is 9.18 Å². The zero-order chi connectivity index (χ0) is 20.4. The predicted octanol–water partition coefficient (Wildman–Crippen LogP) is 3.95. The Labute approximate surface area is 171 Å². The summed E-state index contributed by atoms with van der Waals surface area (Å²) in [6, 6.07) is 12.6. The number of amides is 1. The van der Waals surface area contributed by atoms with Crippen molar-refractivity contribution in [3.63, 3.8) is 0 Å². The van der Waals surface area contributed by atoms with Crippen LogP contribution in [0.25, 0.3) is 0 Å². The van der Waals surface area contributed by atoms with Crippen LogP contribution >= 0.6 is 0 Å². The number of benzene rings is 2. The normalized spacial score (nSPS) is 21.7. The van der Waals surface area contributed by atoms with Gasteiger partial charge in [0.15, 0.2) is 0 Å². The Morgan fingerprint density at radius 2 is 1.86 bits per heavy atom. The Balaban J connectivity index is 1.48. The van der Waals surface area contributed by atoms with Crippen molar-refractivity contribution in [1.29, 1.82) is 0 Å². The molecule has 154 valence electrons. The molecular formula is C23H27FN2O3. The van der Waals surface area contributed by atoms with Gasteiger partial charge in [-0.25, -0.2) is 4.39 Å². The van der Waals surface area contributed by atoms with E-state index in [4.69, 9.17) is 9.47 Å². The van der Waals surface area contributed by atoms with Gasteiger partial charge in [-0.05, 0) is 37.5 Å². The summed E-state index contributed by atoms with van der Waals surface area (Å²) in [7, 11) is 3.26. The van der Waals surface area contributed by atoms with E-state index in [1.165, 1.54) is 6.07 Å². The maximum atomic E-state index is 14.2. The molecule has 1 amide bonds. The topological polar surface area (TPSA) is 42.0 Å². The molecule has 0 radical (unpaired) electrons. The molecule has 2 aromatic carbocycles. The van der Waals surface area contributed by atoms with E-state index in [0.29, 0.717) is 12.1 Å². The standard InChI is InChI=1S/C23H27FN2O3/c1-28-16-9-10-18(22(14-16)29-2)21-8-5-12-26(21)23(27)15-25-13-11-20(25)17-6-3-4-7-19(17)24/h3-4,6-7,9-10,14,20-21H,5,8,11-13,15H2,1-2H3/t20-,21+/m1/s1. The molecule has 4 rings (SSSR count). The number of nitrogens with zero attached hydrogens (tertiary/aromatic N) is 2. The molecule has 5 nitrogen and oxygen atoms in total. The number of carbonyl (C=O) groups is 1. The van der Waals surface area contributed by atoms with Crippen molar-refractivity contribution in [2.75, 3.05) is 33.9 Å². The van der Waals surface area contributed by atoms with Crippen LogP contribution < -0.4 is 9.47 Å². The minimum Gasteiger partial charge on any atom is -0.497 e. The first-order valence-electron chi connectivity index (χ1n) is 10.1. The van der Waals surface area contributed by atoms with Gasteiger partial charge in [0, 0.05) is 36.3 Å². The highest BCUT2D eigenvalue weighted by Crippen LogP contribution is 2.40. The number of hydrogen-bond acceptors (Lipinski definition) is 4. The predicted molar refractivity (Wildman–Crippen MR) is 109 cm³/mol. The Morgan fingerprint density at radius 1 is 1.03 bits per heavy atom. The third-order valence-electron chi connectivity index (χ3n) is 6.11. The van der Waals surface area contributed by atoms with Crippen molar-refractivity contribution in [3.05, 3.63) is 59.4 Å². The maximum Gasteiger partial charge on any atom is 0.237 e. The van der Waals surface area contributed by atoms with Crippen LogP contribution in [0.5, 0.6) is 11.5 Å². The molecule has 29 heavy (non-hydrogen) atoms. The molecule has 2 heterocycles. The summed E-state index contributed by atoms with van der Waals surface area (Å²) in [5.41, 5.74) is 1.69. The first-order chi connectivity index (χ1) is 14.1. The number of methoxy groups -OCH3 is 2. The van der Waals surface area contributed by atoms with Crippen molar-refractivity contribution >= 4 is 5.91 Å². The molecule has 2 saturated heterocycles. The van der Waals surface area contributed by atoms with Gasteiger partial charge in [-0.1, -0.05) is 18.2 Å². The number of rotatable bonds is 6. The highest BCUT2D eigenvalue weighted by molar-refractivity contribution is 5.79. The molecular weight excluding hydrogens is 371 g/mol. The molecule has 0 aliphatic carbocycles. The smallest absolute Gasteiger partial charge is 0.237 e. The van der Waals surface area contributed by atoms with Crippen LogP contribution in [0.1, 0.15) is 42.5 Å². The summed E-state index contributed by atoms with van der Waals surface area (Å²) in [4.78, 5) is 17.2. The van der Waals surface area contributed by atoms with Crippen LogP contribution in [-0.4, -0.2) is 49.6 Å². The van der Waals surface area contributed by atoms with E-state index in [2.05, 4.69) is 4.90 Å². The largest absolute Gasteiger partial charge is 0.497 e. The van der Waals surface area contributed by atoms with Crippen molar-refractivity contribution < 1.29 is 18.7 Å². The Kier molecular flexibility index (Phi) is 5.72. The average molecular weight is 398 g/mol. The van der Waals surface area contributed by atoms with Gasteiger partial charge >= 0.3 is 0 Å². The second kappa shape index (κ2) is 8.41. The van der Waals surface area contributed by atoms with Crippen LogP contribution in [0, 0.1) is 5.82 Å². The summed E-state index contributed by atoms with van der Waals surface area (Å²) in [5, 5.41) is 0. The summed E-state index contributed by atoms with van der Waals surface area (Å²) in [6.07, 6.45) is 2.75. The summed E-state index contributed by atoms with van der Waals surface area (Å²) in [6.45, 7) is 1.86. The van der Waals surface area contributed by atoms with Crippen LogP contribution in [0.15, 0.2) is 42.5 Å². The van der Waals surface area contributed by atoms with E-state index in [1.807, 2.05) is 35.2 Å². The molecule has 2 aliphatic heterocycles. The van der Waals surface area contributed by atoms with Crippen LogP contribution in [-0.2, 0) is 4.79 Å². The third-order valence-corrected chi connectivity index (χ3v) is 6.11.